The number of carbonyl (C=O) groups excluding carboxylic acids is 1. The van der Waals surface area contributed by atoms with E-state index >= 15 is 0 Å². The minimum atomic E-state index is 0.130. The van der Waals surface area contributed by atoms with Crippen LogP contribution >= 0.6 is 23.4 Å². The third-order valence-electron chi connectivity index (χ3n) is 3.28. The van der Waals surface area contributed by atoms with Crippen molar-refractivity contribution in [2.24, 2.45) is 0 Å². The van der Waals surface area contributed by atoms with E-state index in [9.17, 15) is 4.79 Å². The van der Waals surface area contributed by atoms with Gasteiger partial charge in [0.15, 0.2) is 5.16 Å². The molecule has 1 rings (SSSR count). The van der Waals surface area contributed by atoms with Gasteiger partial charge in [0.1, 0.15) is 11.0 Å². The van der Waals surface area contributed by atoms with Crippen LogP contribution in [0.25, 0.3) is 0 Å². The molecule has 5 nitrogen and oxygen atoms in total. The van der Waals surface area contributed by atoms with Crippen LogP contribution in [-0.2, 0) is 4.79 Å². The molecular weight excluding hydrogens is 332 g/mol. The summed E-state index contributed by atoms with van der Waals surface area (Å²) < 4.78 is 0. The molecule has 0 aliphatic heterocycles. The van der Waals surface area contributed by atoms with E-state index in [0.717, 1.165) is 44.7 Å². The lowest BCUT2D eigenvalue weighted by Crippen LogP contribution is -2.33. The van der Waals surface area contributed by atoms with E-state index < -0.39 is 0 Å². The fraction of sp³-hybridized carbons (Fsp3) is 0.688. The van der Waals surface area contributed by atoms with E-state index in [-0.39, 0.29) is 5.91 Å². The largest absolute Gasteiger partial charge is 0.360 e. The van der Waals surface area contributed by atoms with Crippen molar-refractivity contribution in [1.29, 1.82) is 0 Å². The Bertz CT molecular complexity index is 495. The van der Waals surface area contributed by atoms with E-state index in [1.165, 1.54) is 11.8 Å². The van der Waals surface area contributed by atoms with E-state index in [1.807, 2.05) is 16.8 Å². The van der Waals surface area contributed by atoms with Gasteiger partial charge in [-0.2, -0.15) is 0 Å². The summed E-state index contributed by atoms with van der Waals surface area (Å²) in [6, 6.07) is 1.75. The van der Waals surface area contributed by atoms with Crippen LogP contribution in [0.5, 0.6) is 0 Å². The second-order valence-electron chi connectivity index (χ2n) is 5.42. The molecule has 0 aliphatic rings. The number of thioether (sulfide) groups is 1. The topological polar surface area (TPSA) is 49.3 Å². The Hall–Kier alpha value is -1.01. The summed E-state index contributed by atoms with van der Waals surface area (Å²) >= 11 is 7.43. The number of anilines is 1. The van der Waals surface area contributed by atoms with Gasteiger partial charge in [-0.25, -0.2) is 9.97 Å². The molecule has 0 bridgehead atoms. The van der Waals surface area contributed by atoms with Gasteiger partial charge >= 0.3 is 0 Å². The van der Waals surface area contributed by atoms with Gasteiger partial charge < -0.3 is 9.80 Å². The van der Waals surface area contributed by atoms with Crippen molar-refractivity contribution in [1.82, 2.24) is 14.9 Å². The van der Waals surface area contributed by atoms with Crippen LogP contribution in [0.3, 0.4) is 0 Å². The number of nitrogens with zero attached hydrogens (tertiary/aromatic N) is 4. The molecule has 130 valence electrons. The summed E-state index contributed by atoms with van der Waals surface area (Å²) in [7, 11) is 1.98. The van der Waals surface area contributed by atoms with Gasteiger partial charge in [-0.05, 0) is 19.3 Å². The Morgan fingerprint density at radius 1 is 1.13 bits per heavy atom. The summed E-state index contributed by atoms with van der Waals surface area (Å²) in [4.78, 5) is 25.0. The molecule has 0 N–H and O–H groups in total. The molecule has 7 heteroatoms. The van der Waals surface area contributed by atoms with Crippen molar-refractivity contribution in [2.45, 2.75) is 45.2 Å². The van der Waals surface area contributed by atoms with Gasteiger partial charge in [0, 0.05) is 32.7 Å². The molecule has 0 fully saturated rings. The molecule has 0 saturated carbocycles. The number of carbonyl (C=O) groups is 1. The van der Waals surface area contributed by atoms with Gasteiger partial charge in [0.2, 0.25) is 5.91 Å². The predicted octanol–water partition coefficient (Wildman–Crippen LogP) is 3.72. The van der Waals surface area contributed by atoms with E-state index in [0.29, 0.717) is 16.1 Å². The second-order valence-corrected chi connectivity index (χ2v) is 6.75. The molecule has 0 aliphatic carbocycles. The Labute approximate surface area is 148 Å². The maximum absolute atomic E-state index is 12.3. The highest BCUT2D eigenvalue weighted by molar-refractivity contribution is 7.99. The normalized spacial score (nSPS) is 10.7. The zero-order chi connectivity index (χ0) is 17.2. The first-order chi connectivity index (χ1) is 11.0. The fourth-order valence-corrected chi connectivity index (χ4v) is 3.20. The summed E-state index contributed by atoms with van der Waals surface area (Å²) in [5.41, 5.74) is 0. The zero-order valence-corrected chi connectivity index (χ0v) is 16.1. The molecule has 0 saturated heterocycles. The van der Waals surface area contributed by atoms with Crippen molar-refractivity contribution in [3.8, 4) is 0 Å². The summed E-state index contributed by atoms with van der Waals surface area (Å²) in [6.45, 7) is 8.78. The first kappa shape index (κ1) is 20.0. The highest BCUT2D eigenvalue weighted by Crippen LogP contribution is 2.21. The fourth-order valence-electron chi connectivity index (χ4n) is 2.21. The smallest absolute Gasteiger partial charge is 0.233 e. The average Bonchev–Trinajstić information content (AvgIpc) is 2.52. The molecule has 0 unspecified atom stereocenters. The lowest BCUT2D eigenvalue weighted by molar-refractivity contribution is -0.128. The van der Waals surface area contributed by atoms with Gasteiger partial charge in [-0.15, -0.1) is 0 Å². The van der Waals surface area contributed by atoms with Crippen molar-refractivity contribution in [3.05, 3.63) is 11.2 Å². The predicted molar refractivity (Wildman–Crippen MR) is 98.5 cm³/mol. The monoisotopic (exact) mass is 358 g/mol. The van der Waals surface area contributed by atoms with Crippen LogP contribution in [-0.4, -0.2) is 53.2 Å². The van der Waals surface area contributed by atoms with Crippen molar-refractivity contribution in [2.75, 3.05) is 37.3 Å². The third kappa shape index (κ3) is 6.96. The van der Waals surface area contributed by atoms with E-state index in [2.05, 4.69) is 30.7 Å². The van der Waals surface area contributed by atoms with Gasteiger partial charge in [-0.1, -0.05) is 44.1 Å². The van der Waals surface area contributed by atoms with Crippen molar-refractivity contribution < 1.29 is 4.79 Å². The summed E-state index contributed by atoms with van der Waals surface area (Å²) in [5.74, 6) is 1.27. The highest BCUT2D eigenvalue weighted by atomic mass is 35.5. The Balaban J connectivity index is 2.71. The van der Waals surface area contributed by atoms with Crippen LogP contribution < -0.4 is 4.90 Å². The molecule has 0 atom stereocenters. The first-order valence-corrected chi connectivity index (χ1v) is 9.54. The van der Waals surface area contributed by atoms with Crippen LogP contribution in [0, 0.1) is 0 Å². The SMILES string of the molecule is CCCN(CCC)C(=O)CSc1nc(Cl)cc(N(C)CCC)n1. The molecule has 1 amide bonds. The molecule has 0 spiro atoms. The van der Waals surface area contributed by atoms with Gasteiger partial charge in [-0.3, -0.25) is 4.79 Å². The third-order valence-corrected chi connectivity index (χ3v) is 4.30. The molecule has 23 heavy (non-hydrogen) atoms. The number of rotatable bonds is 10. The second kappa shape index (κ2) is 10.7. The van der Waals surface area contributed by atoms with Crippen LogP contribution in [0.2, 0.25) is 5.15 Å². The molecule has 1 heterocycles. The Morgan fingerprint density at radius 2 is 1.74 bits per heavy atom. The molecule has 1 aromatic rings. The molecular formula is C16H27ClN4OS. The van der Waals surface area contributed by atoms with Crippen LogP contribution in [0.4, 0.5) is 5.82 Å². The number of aromatic nitrogens is 2. The lowest BCUT2D eigenvalue weighted by atomic mass is 10.3. The van der Waals surface area contributed by atoms with Gasteiger partial charge in [0.05, 0.1) is 5.75 Å². The quantitative estimate of drug-likeness (QED) is 0.362. The number of halogens is 1. The van der Waals surface area contributed by atoms with Crippen molar-refractivity contribution >= 4 is 35.1 Å². The zero-order valence-electron chi connectivity index (χ0n) is 14.5. The maximum Gasteiger partial charge on any atom is 0.233 e. The van der Waals surface area contributed by atoms with E-state index in [4.69, 9.17) is 11.6 Å². The number of amides is 1. The average molecular weight is 359 g/mol. The van der Waals surface area contributed by atoms with Crippen LogP contribution in [0.15, 0.2) is 11.2 Å². The maximum atomic E-state index is 12.3. The molecule has 0 radical (unpaired) electrons. The minimum absolute atomic E-state index is 0.130. The number of hydrogen-bond acceptors (Lipinski definition) is 5. The molecule has 0 aromatic carbocycles. The molecule has 1 aromatic heterocycles. The Kier molecular flexibility index (Phi) is 9.33. The van der Waals surface area contributed by atoms with Gasteiger partial charge in [0.25, 0.3) is 0 Å². The number of hydrogen-bond donors (Lipinski definition) is 0. The summed E-state index contributed by atoms with van der Waals surface area (Å²) in [5, 5.41) is 0.962. The van der Waals surface area contributed by atoms with Crippen LogP contribution in [0.1, 0.15) is 40.0 Å². The van der Waals surface area contributed by atoms with E-state index in [1.54, 1.807) is 6.07 Å². The Morgan fingerprint density at radius 3 is 2.30 bits per heavy atom. The summed E-state index contributed by atoms with van der Waals surface area (Å²) in [6.07, 6.45) is 2.97. The highest BCUT2D eigenvalue weighted by Gasteiger charge is 2.14. The standard InChI is InChI=1S/C16H27ClN4OS/c1-5-8-20(4)14-11-13(17)18-16(19-14)23-12-15(22)21(9-6-2)10-7-3/h11H,5-10,12H2,1-4H3. The first-order valence-electron chi connectivity index (χ1n) is 8.18. The van der Waals surface area contributed by atoms with Crippen molar-refractivity contribution in [3.63, 3.8) is 0 Å². The minimum Gasteiger partial charge on any atom is -0.360 e. The lowest BCUT2D eigenvalue weighted by Gasteiger charge is -2.21.